The normalized spacial score (nSPS) is 16.3. The lowest BCUT2D eigenvalue weighted by molar-refractivity contribution is 1.27. The van der Waals surface area contributed by atoms with E-state index < -0.39 is 14.1 Å². The van der Waals surface area contributed by atoms with Gasteiger partial charge in [0.2, 0.25) is 40.3 Å². The topological polar surface area (TPSA) is 6.48 Å². The van der Waals surface area contributed by atoms with E-state index in [2.05, 4.69) is 154 Å². The van der Waals surface area contributed by atoms with Crippen molar-refractivity contribution < 1.29 is 0 Å². The lowest BCUT2D eigenvalue weighted by Crippen LogP contribution is -2.81. The molecule has 8 aliphatic heterocycles. The molecule has 57 heavy (non-hydrogen) atoms. The van der Waals surface area contributed by atoms with Gasteiger partial charge in [0.25, 0.3) is 0 Å². The van der Waals surface area contributed by atoms with Crippen LogP contribution in [0.5, 0.6) is 0 Å². The maximum absolute atomic E-state index is 2.86. The smallest absolute Gasteiger partial charge is 0.315 e. The molecule has 0 bridgehead atoms. The Labute approximate surface area is 341 Å². The Morgan fingerprint density at radius 2 is 0.772 bits per heavy atom. The van der Waals surface area contributed by atoms with Gasteiger partial charge in [-0.15, -0.1) is 0 Å². The number of benzene rings is 7. The highest BCUT2D eigenvalue weighted by Gasteiger charge is 2.58. The minimum atomic E-state index is -2.03. The summed E-state index contributed by atoms with van der Waals surface area (Å²) in [5.41, 5.74) is 33.2. The van der Waals surface area contributed by atoms with Crippen LogP contribution in [0, 0.1) is 13.8 Å². The van der Waals surface area contributed by atoms with E-state index in [1.54, 1.807) is 24.2 Å². The minimum Gasteiger partial charge on any atom is -0.315 e. The second kappa shape index (κ2) is 9.84. The fourth-order valence-electron chi connectivity index (χ4n) is 14.2. The molecule has 0 aromatic heterocycles. The summed E-state index contributed by atoms with van der Waals surface area (Å²) < 4.78 is 4.95. The van der Waals surface area contributed by atoms with E-state index in [1.165, 1.54) is 111 Å². The number of aryl methyl sites for hydroxylation is 2. The van der Waals surface area contributed by atoms with Gasteiger partial charge in [-0.2, -0.15) is 0 Å². The number of fused-ring (bicyclic) bond motifs is 8. The Kier molecular flexibility index (Phi) is 5.37. The van der Waals surface area contributed by atoms with Crippen molar-refractivity contribution in [3.8, 4) is 0 Å². The highest BCUT2D eigenvalue weighted by molar-refractivity contribution is 7.14. The van der Waals surface area contributed by atoms with Crippen molar-refractivity contribution in [2.45, 2.75) is 41.1 Å². The van der Waals surface area contributed by atoms with Crippen molar-refractivity contribution in [2.75, 3.05) is 9.80 Å². The summed E-state index contributed by atoms with van der Waals surface area (Å²) >= 11 is -2.03. The first-order chi connectivity index (χ1) is 27.8. The fourth-order valence-corrected chi connectivity index (χ4v) is 18.3. The second-order valence-electron chi connectivity index (χ2n) is 18.9. The molecule has 0 aliphatic carbocycles. The molecule has 258 valence electrons. The molecule has 0 N–H and O–H groups in total. The Balaban J connectivity index is 1.19. The summed E-state index contributed by atoms with van der Waals surface area (Å²) in [6, 6.07) is 42.2. The van der Waals surface area contributed by atoms with E-state index >= 15 is 0 Å². The molecule has 7 aromatic rings. The first-order valence-corrected chi connectivity index (χ1v) is 23.2. The van der Waals surface area contributed by atoms with Gasteiger partial charge in [0, 0.05) is 34.1 Å². The van der Waals surface area contributed by atoms with Crippen molar-refractivity contribution in [3.05, 3.63) is 114 Å². The van der Waals surface area contributed by atoms with Crippen molar-refractivity contribution in [2.24, 2.45) is 0 Å². The number of rotatable bonds is 0. The van der Waals surface area contributed by atoms with Crippen LogP contribution < -0.4 is 99.6 Å². The average molecular weight is 732 g/mol. The third kappa shape index (κ3) is 3.23. The summed E-state index contributed by atoms with van der Waals surface area (Å²) in [6.07, 6.45) is 0. The van der Waals surface area contributed by atoms with E-state index in [-0.39, 0.29) is 13.4 Å². The van der Waals surface area contributed by atoms with Crippen molar-refractivity contribution >= 4 is 178 Å². The zero-order chi connectivity index (χ0) is 37.7. The Hall–Kier alpha value is -4.94. The molecule has 0 radical (unpaired) electrons. The standard InChI is InChI=1S/C48H35B6N2.Al/c1-27-15-21-41-37(23-27)51(5)35-19-17-33-45-47(35)55(41)43-26-44-40(25-39(43)53(45)31-13-9-7-11-29(31)49(33)3)54-32-14-10-8-12-30(32)50(4)34-18-20-36-48(46(34)54)56(44)42-22-16-28(2)24-38(42)52(36)6;/h7-20,23-25H,1-6H3;. The van der Waals surface area contributed by atoms with Crippen LogP contribution in [0.25, 0.3) is 0 Å². The highest BCUT2D eigenvalue weighted by atomic mass is 27.2. The van der Waals surface area contributed by atoms with Crippen LogP contribution in [0.4, 0.5) is 34.1 Å². The maximum atomic E-state index is 2.86. The van der Waals surface area contributed by atoms with Crippen molar-refractivity contribution in [1.82, 2.24) is 0 Å². The van der Waals surface area contributed by atoms with Gasteiger partial charge < -0.3 is 9.80 Å². The molecule has 0 amide bonds. The van der Waals surface area contributed by atoms with E-state index in [9.17, 15) is 0 Å². The molecule has 15 rings (SSSR count). The zero-order valence-electron chi connectivity index (χ0n) is 33.3. The van der Waals surface area contributed by atoms with Gasteiger partial charge in [0.1, 0.15) is 0 Å². The lowest BCUT2D eigenvalue weighted by atomic mass is 9.19. The predicted octanol–water partition coefficient (Wildman–Crippen LogP) is -1.75. The molecule has 0 unspecified atom stereocenters. The Bertz CT molecular complexity index is 2990. The number of anilines is 6. The van der Waals surface area contributed by atoms with Crippen LogP contribution >= 0.6 is 0 Å². The molecule has 7 aromatic carbocycles. The largest absolute Gasteiger partial charge is 0.396 e. The van der Waals surface area contributed by atoms with E-state index in [4.69, 9.17) is 0 Å². The van der Waals surface area contributed by atoms with Crippen molar-refractivity contribution in [3.63, 3.8) is 0 Å². The van der Waals surface area contributed by atoms with Crippen LogP contribution in [0.2, 0.25) is 27.3 Å². The summed E-state index contributed by atoms with van der Waals surface area (Å²) in [5.74, 6) is 0. The van der Waals surface area contributed by atoms with Gasteiger partial charge in [-0.25, -0.2) is 0 Å². The van der Waals surface area contributed by atoms with E-state index in [1.807, 2.05) is 0 Å². The van der Waals surface area contributed by atoms with Gasteiger partial charge in [-0.3, -0.25) is 0 Å². The molecule has 8 heterocycles. The molecule has 0 spiro atoms. The number of nitrogens with zero attached hydrogens (tertiary/aromatic N) is 2. The third-order valence-electron chi connectivity index (χ3n) is 16.4. The van der Waals surface area contributed by atoms with Gasteiger partial charge in [0.15, 0.2) is 0 Å². The molecule has 2 nitrogen and oxygen atoms in total. The number of hydrogen-bond donors (Lipinski definition) is 0. The third-order valence-corrected chi connectivity index (χ3v) is 19.6. The van der Waals surface area contributed by atoms with Gasteiger partial charge in [0.05, 0.1) is 0 Å². The van der Waals surface area contributed by atoms with Crippen LogP contribution in [0.3, 0.4) is 0 Å². The second-order valence-corrected chi connectivity index (χ2v) is 21.6. The van der Waals surface area contributed by atoms with Gasteiger partial charge >= 0.3 is 14.1 Å². The van der Waals surface area contributed by atoms with Gasteiger partial charge in [-0.1, -0.05) is 220 Å². The summed E-state index contributed by atoms with van der Waals surface area (Å²) in [6.45, 7) is 16.4. The number of hydrogen-bond acceptors (Lipinski definition) is 2. The van der Waals surface area contributed by atoms with Gasteiger partial charge in [-0.05, 0) is 24.8 Å². The lowest BCUT2D eigenvalue weighted by Gasteiger charge is -2.56. The first kappa shape index (κ1) is 31.1. The molecule has 8 aliphatic rings. The molecule has 0 saturated carbocycles. The summed E-state index contributed by atoms with van der Waals surface area (Å²) in [7, 11) is 0. The first-order valence-electron chi connectivity index (χ1n) is 21.4. The zero-order valence-corrected chi connectivity index (χ0v) is 34.4. The molecule has 0 atom stereocenters. The SMILES string of the molecule is CB1c2ccccc2B2c3cc4c5[c]6c3N3c7c(cc(C)c[c]7[Al]6[c]6cc(C)cc7c6N5c5c(ccc6c5B4c4ccccc4B6C)B7C)B(C)c4ccc1c2c43. The maximum Gasteiger partial charge on any atom is 0.396 e. The van der Waals surface area contributed by atoms with Crippen molar-refractivity contribution in [1.29, 1.82) is 0 Å². The van der Waals surface area contributed by atoms with E-state index in [0.717, 1.165) is 0 Å². The molecule has 0 saturated heterocycles. The van der Waals surface area contributed by atoms with Crippen LogP contribution in [0.15, 0.2) is 103 Å². The molecule has 9 heteroatoms. The summed E-state index contributed by atoms with van der Waals surface area (Å²) in [4.78, 5) is 5.73. The molecular weight excluding hydrogens is 696 g/mol. The highest BCUT2D eigenvalue weighted by Crippen LogP contribution is 2.46. The molecular formula is C48H35AlB6N2. The Morgan fingerprint density at radius 1 is 0.368 bits per heavy atom. The van der Waals surface area contributed by atoms with Crippen LogP contribution in [-0.2, 0) is 0 Å². The van der Waals surface area contributed by atoms with Crippen LogP contribution in [-0.4, -0.2) is 54.4 Å². The minimum absolute atomic E-state index is 0.200. The summed E-state index contributed by atoms with van der Waals surface area (Å²) in [5, 5.41) is 0. The quantitative estimate of drug-likeness (QED) is 0.171. The van der Waals surface area contributed by atoms with E-state index in [0.29, 0.717) is 26.9 Å². The molecule has 0 fully saturated rings. The fraction of sp³-hybridized carbons (Fsp3) is 0.125. The predicted molar refractivity (Wildman–Crippen MR) is 256 cm³/mol. The Morgan fingerprint density at radius 3 is 1.23 bits per heavy atom. The van der Waals surface area contributed by atoms with Crippen LogP contribution in [0.1, 0.15) is 11.1 Å². The average Bonchev–Trinajstić information content (AvgIpc) is 3.22. The monoisotopic (exact) mass is 732 g/mol.